The number of carbonyl (C=O) groups is 1. The lowest BCUT2D eigenvalue weighted by Gasteiger charge is -2.26. The van der Waals surface area contributed by atoms with Gasteiger partial charge in [0.05, 0.1) is 5.56 Å². The molecule has 1 aromatic carbocycles. The molecular weight excluding hydrogens is 266 g/mol. The lowest BCUT2D eigenvalue weighted by atomic mass is 10.1. The highest BCUT2D eigenvalue weighted by Crippen LogP contribution is 2.24. The molecular formula is C16H21N3O2. The fourth-order valence-corrected chi connectivity index (χ4v) is 2.88. The first-order chi connectivity index (χ1) is 10.2. The van der Waals surface area contributed by atoms with E-state index in [4.69, 9.17) is 10.2 Å². The zero-order chi connectivity index (χ0) is 14.7. The van der Waals surface area contributed by atoms with Gasteiger partial charge in [0, 0.05) is 24.5 Å². The Bertz CT molecular complexity index is 629. The van der Waals surface area contributed by atoms with E-state index in [9.17, 15) is 4.79 Å². The molecule has 1 amide bonds. The van der Waals surface area contributed by atoms with Gasteiger partial charge in [0.15, 0.2) is 5.88 Å². The van der Waals surface area contributed by atoms with Crippen molar-refractivity contribution in [3.05, 3.63) is 29.8 Å². The van der Waals surface area contributed by atoms with Gasteiger partial charge in [-0.3, -0.25) is 4.79 Å². The van der Waals surface area contributed by atoms with Gasteiger partial charge in [-0.1, -0.05) is 12.5 Å². The minimum Gasteiger partial charge on any atom is -0.441 e. The van der Waals surface area contributed by atoms with Crippen LogP contribution in [0.5, 0.6) is 0 Å². The van der Waals surface area contributed by atoms with Crippen LogP contribution in [-0.4, -0.2) is 37.0 Å². The van der Waals surface area contributed by atoms with Crippen molar-refractivity contribution < 1.29 is 9.21 Å². The van der Waals surface area contributed by atoms with Gasteiger partial charge in [-0.25, -0.2) is 0 Å². The molecule has 1 saturated heterocycles. The highest BCUT2D eigenvalue weighted by molar-refractivity contribution is 6.06. The van der Waals surface area contributed by atoms with E-state index in [1.165, 1.54) is 19.3 Å². The number of fused-ring (bicyclic) bond motifs is 1. The van der Waals surface area contributed by atoms with Crippen LogP contribution >= 0.6 is 0 Å². The predicted molar refractivity (Wildman–Crippen MR) is 83.3 cm³/mol. The van der Waals surface area contributed by atoms with E-state index < -0.39 is 0 Å². The van der Waals surface area contributed by atoms with Gasteiger partial charge in [-0.15, -0.1) is 0 Å². The number of carbonyl (C=O) groups excluding carboxylic acids is 1. The SMILES string of the molecule is Nc1cc2c(C(=O)NCCN3CCCCC3)cccc2o1. The van der Waals surface area contributed by atoms with Gasteiger partial charge >= 0.3 is 0 Å². The van der Waals surface area contributed by atoms with Crippen LogP contribution in [0.1, 0.15) is 29.6 Å². The molecule has 21 heavy (non-hydrogen) atoms. The first kappa shape index (κ1) is 13.9. The van der Waals surface area contributed by atoms with Crippen LogP contribution in [0.25, 0.3) is 11.0 Å². The molecule has 0 aliphatic carbocycles. The highest BCUT2D eigenvalue weighted by atomic mass is 16.3. The minimum atomic E-state index is -0.0709. The second-order valence-corrected chi connectivity index (χ2v) is 5.52. The summed E-state index contributed by atoms with van der Waals surface area (Å²) >= 11 is 0. The van der Waals surface area contributed by atoms with E-state index in [1.54, 1.807) is 12.1 Å². The summed E-state index contributed by atoms with van der Waals surface area (Å²) in [6.45, 7) is 3.87. The molecule has 5 nitrogen and oxygen atoms in total. The Morgan fingerprint density at radius 3 is 2.90 bits per heavy atom. The van der Waals surface area contributed by atoms with E-state index in [0.29, 0.717) is 23.6 Å². The molecule has 3 rings (SSSR count). The summed E-state index contributed by atoms with van der Waals surface area (Å²) in [5, 5.41) is 3.75. The topological polar surface area (TPSA) is 71.5 Å². The molecule has 2 heterocycles. The molecule has 0 atom stereocenters. The van der Waals surface area contributed by atoms with E-state index >= 15 is 0 Å². The molecule has 2 aromatic rings. The molecule has 1 fully saturated rings. The van der Waals surface area contributed by atoms with Gasteiger partial charge in [-0.2, -0.15) is 0 Å². The first-order valence-corrected chi connectivity index (χ1v) is 7.52. The lowest BCUT2D eigenvalue weighted by molar-refractivity contribution is 0.0948. The van der Waals surface area contributed by atoms with E-state index in [0.717, 1.165) is 25.0 Å². The zero-order valence-corrected chi connectivity index (χ0v) is 12.1. The maximum Gasteiger partial charge on any atom is 0.252 e. The van der Waals surface area contributed by atoms with E-state index in [2.05, 4.69) is 10.2 Å². The molecule has 0 bridgehead atoms. The predicted octanol–water partition coefficient (Wildman–Crippen LogP) is 2.23. The molecule has 1 aromatic heterocycles. The minimum absolute atomic E-state index is 0.0709. The average molecular weight is 287 g/mol. The van der Waals surface area contributed by atoms with Crippen LogP contribution in [0.2, 0.25) is 0 Å². The Morgan fingerprint density at radius 2 is 2.10 bits per heavy atom. The van der Waals surface area contributed by atoms with Crippen LogP contribution in [0, 0.1) is 0 Å². The Labute approximate surface area is 124 Å². The standard InChI is InChI=1S/C16H21N3O2/c17-15-11-13-12(5-4-6-14(13)21-15)16(20)18-7-10-19-8-2-1-3-9-19/h4-6,11H,1-3,7-10,17H2,(H,18,20). The monoisotopic (exact) mass is 287 g/mol. The number of nitrogens with two attached hydrogens (primary N) is 1. The van der Waals surface area contributed by atoms with Crippen LogP contribution in [-0.2, 0) is 0 Å². The van der Waals surface area contributed by atoms with Gasteiger partial charge in [0.25, 0.3) is 5.91 Å². The number of nitrogens with one attached hydrogen (secondary N) is 1. The molecule has 112 valence electrons. The Hall–Kier alpha value is -2.01. The Kier molecular flexibility index (Phi) is 4.10. The van der Waals surface area contributed by atoms with Crippen LogP contribution in [0.4, 0.5) is 5.88 Å². The van der Waals surface area contributed by atoms with Crippen molar-refractivity contribution >= 4 is 22.8 Å². The number of piperidine rings is 1. The van der Waals surface area contributed by atoms with Gasteiger partial charge in [-0.05, 0) is 38.1 Å². The molecule has 5 heteroatoms. The number of nitrogen functional groups attached to an aromatic ring is 1. The zero-order valence-electron chi connectivity index (χ0n) is 12.1. The third-order valence-electron chi connectivity index (χ3n) is 3.99. The van der Waals surface area contributed by atoms with Crippen molar-refractivity contribution in [2.45, 2.75) is 19.3 Å². The molecule has 0 spiro atoms. The van der Waals surface area contributed by atoms with Crippen molar-refractivity contribution in [3.63, 3.8) is 0 Å². The smallest absolute Gasteiger partial charge is 0.252 e. The second kappa shape index (κ2) is 6.18. The van der Waals surface area contributed by atoms with Crippen LogP contribution in [0.3, 0.4) is 0 Å². The number of benzene rings is 1. The molecule has 1 aliphatic heterocycles. The summed E-state index contributed by atoms with van der Waals surface area (Å²) in [5.74, 6) is 0.261. The van der Waals surface area contributed by atoms with Crippen LogP contribution in [0.15, 0.2) is 28.7 Å². The Morgan fingerprint density at radius 1 is 1.29 bits per heavy atom. The summed E-state index contributed by atoms with van der Waals surface area (Å²) in [6, 6.07) is 7.13. The normalized spacial score (nSPS) is 16.2. The fraction of sp³-hybridized carbons (Fsp3) is 0.438. The van der Waals surface area contributed by atoms with Gasteiger partial charge < -0.3 is 20.4 Å². The van der Waals surface area contributed by atoms with Crippen molar-refractivity contribution in [1.29, 1.82) is 0 Å². The van der Waals surface area contributed by atoms with Crippen molar-refractivity contribution in [1.82, 2.24) is 10.2 Å². The van der Waals surface area contributed by atoms with E-state index in [-0.39, 0.29) is 5.91 Å². The van der Waals surface area contributed by atoms with E-state index in [1.807, 2.05) is 12.1 Å². The average Bonchev–Trinajstić information content (AvgIpc) is 2.88. The number of hydrogen-bond acceptors (Lipinski definition) is 4. The number of nitrogens with zero attached hydrogens (tertiary/aromatic N) is 1. The van der Waals surface area contributed by atoms with Gasteiger partial charge in [0.2, 0.25) is 0 Å². The molecule has 0 saturated carbocycles. The first-order valence-electron chi connectivity index (χ1n) is 7.52. The number of likely N-dealkylation sites (tertiary alicyclic amines) is 1. The highest BCUT2D eigenvalue weighted by Gasteiger charge is 2.14. The van der Waals surface area contributed by atoms with Crippen molar-refractivity contribution in [2.75, 3.05) is 31.9 Å². The number of anilines is 1. The second-order valence-electron chi connectivity index (χ2n) is 5.52. The lowest BCUT2D eigenvalue weighted by Crippen LogP contribution is -2.37. The third-order valence-corrected chi connectivity index (χ3v) is 3.99. The number of amides is 1. The molecule has 1 aliphatic rings. The summed E-state index contributed by atoms with van der Waals surface area (Å²) in [5.41, 5.74) is 6.92. The number of hydrogen-bond donors (Lipinski definition) is 2. The summed E-state index contributed by atoms with van der Waals surface area (Å²) in [7, 11) is 0. The summed E-state index contributed by atoms with van der Waals surface area (Å²) in [4.78, 5) is 14.7. The molecule has 0 unspecified atom stereocenters. The summed E-state index contributed by atoms with van der Waals surface area (Å²) in [6.07, 6.45) is 3.86. The maximum atomic E-state index is 12.3. The third kappa shape index (κ3) is 3.19. The van der Waals surface area contributed by atoms with Crippen molar-refractivity contribution in [2.24, 2.45) is 0 Å². The quantitative estimate of drug-likeness (QED) is 0.904. The van der Waals surface area contributed by atoms with Gasteiger partial charge in [0.1, 0.15) is 5.58 Å². The molecule has 3 N–H and O–H groups in total. The maximum absolute atomic E-state index is 12.3. The largest absolute Gasteiger partial charge is 0.441 e. The summed E-state index contributed by atoms with van der Waals surface area (Å²) < 4.78 is 5.35. The fourth-order valence-electron chi connectivity index (χ4n) is 2.88. The number of furan rings is 1. The molecule has 0 radical (unpaired) electrons. The number of rotatable bonds is 4. The Balaban J connectivity index is 1.61. The van der Waals surface area contributed by atoms with Crippen LogP contribution < -0.4 is 11.1 Å². The van der Waals surface area contributed by atoms with Crippen molar-refractivity contribution in [3.8, 4) is 0 Å².